The predicted molar refractivity (Wildman–Crippen MR) is 76.9 cm³/mol. The normalized spacial score (nSPS) is 10.2. The van der Waals surface area contributed by atoms with Gasteiger partial charge in [-0.2, -0.15) is 0 Å². The minimum atomic E-state index is -0.361. The van der Waals surface area contributed by atoms with Gasteiger partial charge in [0.05, 0.1) is 16.4 Å². The predicted octanol–water partition coefficient (Wildman–Crippen LogP) is 2.53. The number of amides is 1. The molecule has 0 fully saturated rings. The number of carbonyl (C=O) groups excluding carboxylic acids is 2. The molecular weight excluding hydrogens is 284 g/mol. The van der Waals surface area contributed by atoms with Crippen LogP contribution in [0.15, 0.2) is 36.4 Å². The summed E-state index contributed by atoms with van der Waals surface area (Å²) in [7, 11) is 0. The summed E-state index contributed by atoms with van der Waals surface area (Å²) in [5.41, 5.74) is 6.16. The summed E-state index contributed by atoms with van der Waals surface area (Å²) >= 11 is 7.05. The molecule has 3 N–H and O–H groups in total. The molecule has 1 aromatic carbocycles. The molecule has 19 heavy (non-hydrogen) atoms. The van der Waals surface area contributed by atoms with Crippen LogP contribution in [0.25, 0.3) is 0 Å². The van der Waals surface area contributed by atoms with Gasteiger partial charge < -0.3 is 11.1 Å². The van der Waals surface area contributed by atoms with Gasteiger partial charge in [-0.05, 0) is 6.07 Å². The van der Waals surface area contributed by atoms with E-state index in [1.54, 1.807) is 30.3 Å². The lowest BCUT2D eigenvalue weighted by Gasteiger charge is -2.04. The molecule has 1 aromatic heterocycles. The quantitative estimate of drug-likeness (QED) is 0.851. The fourth-order valence-electron chi connectivity index (χ4n) is 1.55. The fourth-order valence-corrected chi connectivity index (χ4v) is 2.68. The Balaban J connectivity index is 2.34. The highest BCUT2D eigenvalue weighted by Gasteiger charge is 2.18. The standard InChI is InChI=1S/C13H11ClN2O2S/c14-10-6-9(13(19-10)16-11(17)7-15)12(18)8-4-2-1-3-5-8/h1-6H,7,15H2,(H,16,17). The number of hydrogen-bond donors (Lipinski definition) is 2. The molecular formula is C13H11ClN2O2S. The summed E-state index contributed by atoms with van der Waals surface area (Å²) in [6.07, 6.45) is 0. The molecule has 98 valence electrons. The molecule has 0 saturated carbocycles. The molecule has 0 saturated heterocycles. The third kappa shape index (κ3) is 3.20. The monoisotopic (exact) mass is 294 g/mol. The first-order chi connectivity index (χ1) is 9.11. The SMILES string of the molecule is NCC(=O)Nc1sc(Cl)cc1C(=O)c1ccccc1. The summed E-state index contributed by atoms with van der Waals surface area (Å²) in [6, 6.07) is 10.4. The maximum absolute atomic E-state index is 12.3. The number of benzene rings is 1. The van der Waals surface area contributed by atoms with Crippen LogP contribution in [0, 0.1) is 0 Å². The van der Waals surface area contributed by atoms with E-state index in [4.69, 9.17) is 17.3 Å². The Bertz CT molecular complexity index is 610. The van der Waals surface area contributed by atoms with Crippen LogP contribution < -0.4 is 11.1 Å². The van der Waals surface area contributed by atoms with Crippen LogP contribution in [0.1, 0.15) is 15.9 Å². The molecule has 0 unspecified atom stereocenters. The van der Waals surface area contributed by atoms with Gasteiger partial charge in [0.2, 0.25) is 5.91 Å². The zero-order chi connectivity index (χ0) is 13.8. The van der Waals surface area contributed by atoms with E-state index >= 15 is 0 Å². The highest BCUT2D eigenvalue weighted by atomic mass is 35.5. The van der Waals surface area contributed by atoms with Crippen molar-refractivity contribution in [1.29, 1.82) is 0 Å². The van der Waals surface area contributed by atoms with E-state index in [0.29, 0.717) is 20.5 Å². The lowest BCUT2D eigenvalue weighted by Crippen LogP contribution is -2.22. The van der Waals surface area contributed by atoms with Crippen molar-refractivity contribution in [3.05, 3.63) is 51.9 Å². The van der Waals surface area contributed by atoms with Gasteiger partial charge in [0.1, 0.15) is 5.00 Å². The number of hydrogen-bond acceptors (Lipinski definition) is 4. The summed E-state index contributed by atoms with van der Waals surface area (Å²) in [5, 5.41) is 3.01. The molecule has 0 bridgehead atoms. The van der Waals surface area contributed by atoms with Crippen LogP contribution in [0.3, 0.4) is 0 Å². The second-order valence-electron chi connectivity index (χ2n) is 3.74. The second-order valence-corrected chi connectivity index (χ2v) is 5.42. The summed E-state index contributed by atoms with van der Waals surface area (Å²) in [4.78, 5) is 23.6. The molecule has 2 rings (SSSR count). The van der Waals surface area contributed by atoms with Gasteiger partial charge in [0, 0.05) is 5.56 Å². The molecule has 0 spiro atoms. The van der Waals surface area contributed by atoms with Gasteiger partial charge in [-0.3, -0.25) is 9.59 Å². The van der Waals surface area contributed by atoms with Crippen molar-refractivity contribution in [2.24, 2.45) is 5.73 Å². The molecule has 4 nitrogen and oxygen atoms in total. The van der Waals surface area contributed by atoms with E-state index in [0.717, 1.165) is 11.3 Å². The Labute approximate surface area is 119 Å². The van der Waals surface area contributed by atoms with E-state index in [1.165, 1.54) is 0 Å². The lowest BCUT2D eigenvalue weighted by molar-refractivity contribution is -0.114. The number of carbonyl (C=O) groups is 2. The molecule has 1 amide bonds. The van der Waals surface area contributed by atoms with Crippen molar-refractivity contribution in [2.75, 3.05) is 11.9 Å². The highest BCUT2D eigenvalue weighted by molar-refractivity contribution is 7.20. The van der Waals surface area contributed by atoms with Gasteiger partial charge in [-0.15, -0.1) is 11.3 Å². The molecule has 0 atom stereocenters. The van der Waals surface area contributed by atoms with Crippen LogP contribution in [0.2, 0.25) is 4.34 Å². The topological polar surface area (TPSA) is 72.2 Å². The van der Waals surface area contributed by atoms with Gasteiger partial charge in [0.25, 0.3) is 0 Å². The van der Waals surface area contributed by atoms with Crippen molar-refractivity contribution in [3.63, 3.8) is 0 Å². The van der Waals surface area contributed by atoms with Crippen molar-refractivity contribution < 1.29 is 9.59 Å². The highest BCUT2D eigenvalue weighted by Crippen LogP contribution is 2.33. The Morgan fingerprint density at radius 3 is 2.58 bits per heavy atom. The first-order valence-electron chi connectivity index (χ1n) is 5.51. The van der Waals surface area contributed by atoms with E-state index in [1.807, 2.05) is 6.07 Å². The van der Waals surface area contributed by atoms with Crippen LogP contribution in [-0.4, -0.2) is 18.2 Å². The van der Waals surface area contributed by atoms with Gasteiger partial charge in [0.15, 0.2) is 5.78 Å². The molecule has 2 aromatic rings. The van der Waals surface area contributed by atoms with Gasteiger partial charge >= 0.3 is 0 Å². The van der Waals surface area contributed by atoms with Crippen LogP contribution in [0.5, 0.6) is 0 Å². The molecule has 0 aliphatic rings. The number of halogens is 1. The van der Waals surface area contributed by atoms with Crippen molar-refractivity contribution in [1.82, 2.24) is 0 Å². The molecule has 1 heterocycles. The molecule has 6 heteroatoms. The Morgan fingerprint density at radius 1 is 1.26 bits per heavy atom. The minimum absolute atomic E-state index is 0.144. The summed E-state index contributed by atoms with van der Waals surface area (Å²) < 4.78 is 0.437. The van der Waals surface area contributed by atoms with Crippen LogP contribution in [-0.2, 0) is 4.79 Å². The van der Waals surface area contributed by atoms with E-state index in [9.17, 15) is 9.59 Å². The third-order valence-electron chi connectivity index (χ3n) is 2.42. The van der Waals surface area contributed by atoms with Gasteiger partial charge in [-0.25, -0.2) is 0 Å². The summed E-state index contributed by atoms with van der Waals surface area (Å²) in [6.45, 7) is -0.144. The third-order valence-corrected chi connectivity index (χ3v) is 3.60. The molecule has 0 radical (unpaired) electrons. The zero-order valence-electron chi connectivity index (χ0n) is 9.85. The first kappa shape index (κ1) is 13.7. The van der Waals surface area contributed by atoms with E-state index < -0.39 is 0 Å². The van der Waals surface area contributed by atoms with Crippen LogP contribution in [0.4, 0.5) is 5.00 Å². The Kier molecular flexibility index (Phi) is 4.31. The average Bonchev–Trinajstić information content (AvgIpc) is 2.79. The number of nitrogens with one attached hydrogen (secondary N) is 1. The molecule has 0 aliphatic heterocycles. The number of nitrogens with two attached hydrogens (primary N) is 1. The van der Waals surface area contributed by atoms with Gasteiger partial charge in [-0.1, -0.05) is 41.9 Å². The van der Waals surface area contributed by atoms with Crippen molar-refractivity contribution >= 4 is 39.6 Å². The second kappa shape index (κ2) is 5.97. The smallest absolute Gasteiger partial charge is 0.238 e. The molecule has 0 aliphatic carbocycles. The van der Waals surface area contributed by atoms with Crippen LogP contribution >= 0.6 is 22.9 Å². The van der Waals surface area contributed by atoms with E-state index in [2.05, 4.69) is 5.32 Å². The zero-order valence-corrected chi connectivity index (χ0v) is 11.4. The number of rotatable bonds is 4. The maximum Gasteiger partial charge on any atom is 0.238 e. The minimum Gasteiger partial charge on any atom is -0.322 e. The number of anilines is 1. The number of ketones is 1. The number of thiophene rings is 1. The first-order valence-corrected chi connectivity index (χ1v) is 6.70. The maximum atomic E-state index is 12.3. The van der Waals surface area contributed by atoms with E-state index in [-0.39, 0.29) is 18.2 Å². The summed E-state index contributed by atoms with van der Waals surface area (Å²) in [5.74, 6) is -0.545. The Morgan fingerprint density at radius 2 is 1.95 bits per heavy atom. The lowest BCUT2D eigenvalue weighted by atomic mass is 10.1. The van der Waals surface area contributed by atoms with Crippen molar-refractivity contribution in [2.45, 2.75) is 0 Å². The average molecular weight is 295 g/mol. The largest absolute Gasteiger partial charge is 0.322 e. The Hall–Kier alpha value is -1.69. The fraction of sp³-hybridized carbons (Fsp3) is 0.0769. The van der Waals surface area contributed by atoms with Crippen molar-refractivity contribution in [3.8, 4) is 0 Å².